The van der Waals surface area contributed by atoms with Gasteiger partial charge < -0.3 is 5.32 Å². The summed E-state index contributed by atoms with van der Waals surface area (Å²) in [7, 11) is 0. The van der Waals surface area contributed by atoms with Crippen LogP contribution in [0.15, 0.2) is 5.57 Å². The topological polar surface area (TPSA) is 24.9 Å². The fourth-order valence-corrected chi connectivity index (χ4v) is 2.73. The van der Waals surface area contributed by atoms with E-state index in [0.29, 0.717) is 5.92 Å². The third kappa shape index (κ3) is 3.65. The van der Waals surface area contributed by atoms with Crippen molar-refractivity contribution in [1.29, 1.82) is 0 Å². The van der Waals surface area contributed by atoms with Crippen molar-refractivity contribution in [3.05, 3.63) is 21.2 Å². The summed E-state index contributed by atoms with van der Waals surface area (Å²) in [6.45, 7) is 9.74. The van der Waals surface area contributed by atoms with Crippen LogP contribution >= 0.6 is 11.3 Å². The molecule has 0 spiro atoms. The molecule has 1 aliphatic carbocycles. The monoisotopic (exact) mass is 250 g/mol. The van der Waals surface area contributed by atoms with Crippen molar-refractivity contribution in [2.45, 2.75) is 46.6 Å². The van der Waals surface area contributed by atoms with E-state index >= 15 is 0 Å². The molecule has 1 heterocycles. The van der Waals surface area contributed by atoms with Crippen molar-refractivity contribution in [2.75, 3.05) is 6.54 Å². The van der Waals surface area contributed by atoms with Crippen LogP contribution < -0.4 is 5.32 Å². The summed E-state index contributed by atoms with van der Waals surface area (Å²) in [6, 6.07) is 0.779. The maximum atomic E-state index is 4.48. The molecule has 1 fully saturated rings. The van der Waals surface area contributed by atoms with Crippen LogP contribution in [0.3, 0.4) is 0 Å². The maximum absolute atomic E-state index is 4.48. The van der Waals surface area contributed by atoms with Gasteiger partial charge >= 0.3 is 0 Å². The zero-order chi connectivity index (χ0) is 12.4. The van der Waals surface area contributed by atoms with Gasteiger partial charge in [-0.2, -0.15) is 0 Å². The van der Waals surface area contributed by atoms with E-state index in [1.165, 1.54) is 23.3 Å². The summed E-state index contributed by atoms with van der Waals surface area (Å²) in [5.41, 5.74) is 2.65. The quantitative estimate of drug-likeness (QED) is 0.864. The minimum atomic E-state index is 0.600. The van der Waals surface area contributed by atoms with Crippen LogP contribution in [-0.2, 0) is 0 Å². The predicted octanol–water partition coefficient (Wildman–Crippen LogP) is 3.55. The lowest BCUT2D eigenvalue weighted by Crippen LogP contribution is -2.21. The van der Waals surface area contributed by atoms with Gasteiger partial charge in [-0.25, -0.2) is 4.98 Å². The van der Waals surface area contributed by atoms with Gasteiger partial charge in [-0.1, -0.05) is 19.4 Å². The lowest BCUT2D eigenvalue weighted by Gasteiger charge is -2.12. The normalized spacial score (nSPS) is 16.9. The Balaban J connectivity index is 2.10. The van der Waals surface area contributed by atoms with E-state index < -0.39 is 0 Å². The van der Waals surface area contributed by atoms with Crippen LogP contribution in [0.1, 0.15) is 42.3 Å². The minimum Gasteiger partial charge on any atom is -0.310 e. The molecule has 17 heavy (non-hydrogen) atoms. The van der Waals surface area contributed by atoms with E-state index in [4.69, 9.17) is 0 Å². The highest BCUT2D eigenvalue weighted by Gasteiger charge is 2.20. The van der Waals surface area contributed by atoms with Crippen molar-refractivity contribution < 1.29 is 0 Å². The Labute approximate surface area is 108 Å². The molecule has 0 saturated heterocycles. The summed E-state index contributed by atoms with van der Waals surface area (Å²) in [5, 5.41) is 4.76. The molecule has 0 bridgehead atoms. The van der Waals surface area contributed by atoms with Gasteiger partial charge in [-0.15, -0.1) is 11.3 Å². The second-order valence-electron chi connectivity index (χ2n) is 5.21. The first-order chi connectivity index (χ1) is 8.06. The van der Waals surface area contributed by atoms with Crippen molar-refractivity contribution in [3.8, 4) is 0 Å². The number of hydrogen-bond donors (Lipinski definition) is 1. The van der Waals surface area contributed by atoms with E-state index in [0.717, 1.165) is 23.3 Å². The van der Waals surface area contributed by atoms with Gasteiger partial charge in [0.15, 0.2) is 0 Å². The number of aryl methyl sites for hydroxylation is 2. The molecule has 0 amide bonds. The van der Waals surface area contributed by atoms with Crippen LogP contribution in [0, 0.1) is 19.8 Å². The van der Waals surface area contributed by atoms with E-state index in [1.807, 2.05) is 0 Å². The fraction of sp³-hybridized carbons (Fsp3) is 0.643. The zero-order valence-electron chi connectivity index (χ0n) is 11.2. The molecule has 0 unspecified atom stereocenters. The Morgan fingerprint density at radius 1 is 1.47 bits per heavy atom. The highest BCUT2D eigenvalue weighted by atomic mass is 32.1. The molecule has 0 aromatic carbocycles. The highest BCUT2D eigenvalue weighted by molar-refractivity contribution is 7.12. The predicted molar refractivity (Wildman–Crippen MR) is 75.4 cm³/mol. The van der Waals surface area contributed by atoms with Crippen LogP contribution in [-0.4, -0.2) is 17.6 Å². The first-order valence-corrected chi connectivity index (χ1v) is 7.25. The standard InChI is InChI=1S/C14H22N2S/c1-9(2)12(8-15-13-5-6-13)7-14-10(3)16-11(4)17-14/h7,9,13,15H,5-6,8H2,1-4H3. The first-order valence-electron chi connectivity index (χ1n) is 6.44. The summed E-state index contributed by atoms with van der Waals surface area (Å²) < 4.78 is 0. The van der Waals surface area contributed by atoms with Crippen LogP contribution in [0.2, 0.25) is 0 Å². The smallest absolute Gasteiger partial charge is 0.0903 e. The fourth-order valence-electron chi connectivity index (χ4n) is 1.82. The second-order valence-corrected chi connectivity index (χ2v) is 6.45. The third-order valence-electron chi connectivity index (χ3n) is 3.17. The van der Waals surface area contributed by atoms with E-state index in [9.17, 15) is 0 Å². The van der Waals surface area contributed by atoms with Gasteiger partial charge in [0, 0.05) is 12.6 Å². The molecule has 94 valence electrons. The number of thiazole rings is 1. The summed E-state index contributed by atoms with van der Waals surface area (Å²) in [4.78, 5) is 5.81. The molecule has 2 rings (SSSR count). The van der Waals surface area contributed by atoms with Crippen LogP contribution in [0.5, 0.6) is 0 Å². The van der Waals surface area contributed by atoms with Gasteiger partial charge in [0.2, 0.25) is 0 Å². The van der Waals surface area contributed by atoms with Gasteiger partial charge in [0.1, 0.15) is 0 Å². The molecule has 1 N–H and O–H groups in total. The van der Waals surface area contributed by atoms with E-state index in [2.05, 4.69) is 44.1 Å². The Kier molecular flexibility index (Phi) is 4.00. The molecule has 0 aliphatic heterocycles. The van der Waals surface area contributed by atoms with Gasteiger partial charge in [-0.3, -0.25) is 0 Å². The zero-order valence-corrected chi connectivity index (χ0v) is 12.0. The lowest BCUT2D eigenvalue weighted by molar-refractivity contribution is 0.663. The third-order valence-corrected chi connectivity index (χ3v) is 4.19. The summed E-state index contributed by atoms with van der Waals surface area (Å²) in [5.74, 6) is 0.600. The second kappa shape index (κ2) is 5.32. The molecular formula is C14H22N2S. The minimum absolute atomic E-state index is 0.600. The largest absolute Gasteiger partial charge is 0.310 e. The van der Waals surface area contributed by atoms with Crippen molar-refractivity contribution >= 4 is 17.4 Å². The molecular weight excluding hydrogens is 228 g/mol. The average Bonchev–Trinajstić information content (AvgIpc) is 3.00. The number of rotatable bonds is 5. The van der Waals surface area contributed by atoms with Crippen molar-refractivity contribution in [3.63, 3.8) is 0 Å². The number of nitrogens with one attached hydrogen (secondary N) is 1. The van der Waals surface area contributed by atoms with E-state index in [-0.39, 0.29) is 0 Å². The molecule has 0 radical (unpaired) electrons. The van der Waals surface area contributed by atoms with Crippen LogP contribution in [0.4, 0.5) is 0 Å². The molecule has 1 saturated carbocycles. The average molecular weight is 250 g/mol. The molecule has 1 aliphatic rings. The highest BCUT2D eigenvalue weighted by Crippen LogP contribution is 2.24. The molecule has 3 heteroatoms. The van der Waals surface area contributed by atoms with Gasteiger partial charge in [0.05, 0.1) is 15.6 Å². The number of aromatic nitrogens is 1. The van der Waals surface area contributed by atoms with Crippen molar-refractivity contribution in [1.82, 2.24) is 10.3 Å². The van der Waals surface area contributed by atoms with Crippen LogP contribution in [0.25, 0.3) is 6.08 Å². The first kappa shape index (κ1) is 12.8. The summed E-state index contributed by atoms with van der Waals surface area (Å²) in [6.07, 6.45) is 5.04. The maximum Gasteiger partial charge on any atom is 0.0903 e. The summed E-state index contributed by atoms with van der Waals surface area (Å²) >= 11 is 1.79. The number of hydrogen-bond acceptors (Lipinski definition) is 3. The number of nitrogens with zero attached hydrogens (tertiary/aromatic N) is 1. The Morgan fingerprint density at radius 3 is 2.65 bits per heavy atom. The molecule has 2 nitrogen and oxygen atoms in total. The SMILES string of the molecule is Cc1nc(C)c(C=C(CNC2CC2)C(C)C)s1. The Hall–Kier alpha value is -0.670. The van der Waals surface area contributed by atoms with Gasteiger partial charge in [-0.05, 0) is 38.7 Å². The Bertz CT molecular complexity index is 414. The molecule has 1 aromatic rings. The lowest BCUT2D eigenvalue weighted by atomic mass is 10.0. The van der Waals surface area contributed by atoms with Gasteiger partial charge in [0.25, 0.3) is 0 Å². The Morgan fingerprint density at radius 2 is 2.18 bits per heavy atom. The molecule has 1 aromatic heterocycles. The van der Waals surface area contributed by atoms with E-state index in [1.54, 1.807) is 11.3 Å². The molecule has 0 atom stereocenters. The van der Waals surface area contributed by atoms with Crippen molar-refractivity contribution in [2.24, 2.45) is 5.92 Å².